The Hall–Kier alpha value is -3.54. The van der Waals surface area contributed by atoms with Crippen molar-refractivity contribution in [3.8, 4) is 22.5 Å². The van der Waals surface area contributed by atoms with E-state index in [2.05, 4.69) is 20.4 Å². The fourth-order valence-electron chi connectivity index (χ4n) is 3.31. The van der Waals surface area contributed by atoms with Crippen LogP contribution in [0, 0.1) is 0 Å². The molecular weight excluding hydrogens is 326 g/mol. The molecule has 1 aromatic carbocycles. The molecule has 0 aliphatic carbocycles. The molecule has 0 unspecified atom stereocenters. The molecule has 0 bridgehead atoms. The van der Waals surface area contributed by atoms with Gasteiger partial charge in [0.05, 0.1) is 23.1 Å². The Kier molecular flexibility index (Phi) is 3.28. The summed E-state index contributed by atoms with van der Waals surface area (Å²) >= 11 is 0. The van der Waals surface area contributed by atoms with Gasteiger partial charge >= 0.3 is 0 Å². The predicted molar refractivity (Wildman–Crippen MR) is 99.1 cm³/mol. The number of aromatic nitrogens is 4. The minimum absolute atomic E-state index is 0.0748. The van der Waals surface area contributed by atoms with Gasteiger partial charge in [0, 0.05) is 36.4 Å². The summed E-state index contributed by atoms with van der Waals surface area (Å²) in [6.45, 7) is 0.607. The number of hydrogen-bond donors (Lipinski definition) is 1. The maximum absolute atomic E-state index is 12.6. The van der Waals surface area contributed by atoms with Crippen LogP contribution < -0.4 is 5.32 Å². The maximum atomic E-state index is 12.6. The fourth-order valence-corrected chi connectivity index (χ4v) is 3.31. The molecule has 1 aliphatic rings. The Morgan fingerprint density at radius 1 is 1.00 bits per heavy atom. The third kappa shape index (κ3) is 2.27. The number of anilines is 1. The number of carbonyl (C=O) groups is 1. The summed E-state index contributed by atoms with van der Waals surface area (Å²) in [5, 5.41) is 7.57. The largest absolute Gasteiger partial charge is 0.369 e. The van der Waals surface area contributed by atoms with E-state index in [4.69, 9.17) is 0 Å². The molecule has 5 rings (SSSR count). The van der Waals surface area contributed by atoms with Crippen LogP contribution in [-0.4, -0.2) is 31.9 Å². The summed E-state index contributed by atoms with van der Waals surface area (Å²) in [6, 6.07) is 15.7. The summed E-state index contributed by atoms with van der Waals surface area (Å²) < 4.78 is 1.68. The molecule has 1 aliphatic heterocycles. The third-order valence-corrected chi connectivity index (χ3v) is 4.56. The van der Waals surface area contributed by atoms with E-state index in [0.717, 1.165) is 16.8 Å². The summed E-state index contributed by atoms with van der Waals surface area (Å²) in [6.07, 6.45) is 3.91. The number of nitrogens with one attached hydrogen (secondary N) is 1. The van der Waals surface area contributed by atoms with Crippen LogP contribution >= 0.6 is 0 Å². The van der Waals surface area contributed by atoms with Gasteiger partial charge in [-0.1, -0.05) is 30.3 Å². The number of pyridine rings is 1. The quantitative estimate of drug-likeness (QED) is 0.604. The molecule has 4 aromatic rings. The highest BCUT2D eigenvalue weighted by molar-refractivity contribution is 6.07. The van der Waals surface area contributed by atoms with Gasteiger partial charge < -0.3 is 5.32 Å². The van der Waals surface area contributed by atoms with Gasteiger partial charge in [-0.15, -0.1) is 0 Å². The number of carbonyl (C=O) groups excluding carboxylic acids is 1. The second-order valence-electron chi connectivity index (χ2n) is 6.18. The second kappa shape index (κ2) is 5.77. The van der Waals surface area contributed by atoms with Crippen molar-refractivity contribution in [3.63, 3.8) is 0 Å². The van der Waals surface area contributed by atoms with E-state index in [-0.39, 0.29) is 5.78 Å². The zero-order valence-electron chi connectivity index (χ0n) is 13.9. The van der Waals surface area contributed by atoms with Gasteiger partial charge in [0.2, 0.25) is 0 Å². The molecular formula is C20H15N5O. The lowest BCUT2D eigenvalue weighted by molar-refractivity contribution is 0.0983. The summed E-state index contributed by atoms with van der Waals surface area (Å²) in [5.74, 6) is 0.782. The van der Waals surface area contributed by atoms with Crippen molar-refractivity contribution < 1.29 is 4.79 Å². The van der Waals surface area contributed by atoms with Gasteiger partial charge in [-0.3, -0.25) is 9.78 Å². The zero-order valence-corrected chi connectivity index (χ0v) is 13.9. The predicted octanol–water partition coefficient (Wildman–Crippen LogP) is 3.46. The number of hydrogen-bond acceptors (Lipinski definition) is 5. The third-order valence-electron chi connectivity index (χ3n) is 4.56. The normalized spacial score (nSPS) is 13.5. The molecule has 6 heteroatoms. The van der Waals surface area contributed by atoms with E-state index >= 15 is 0 Å². The highest BCUT2D eigenvalue weighted by atomic mass is 16.1. The number of benzene rings is 1. The van der Waals surface area contributed by atoms with Crippen LogP contribution in [0.15, 0.2) is 60.9 Å². The molecule has 0 radical (unpaired) electrons. The van der Waals surface area contributed by atoms with Crippen LogP contribution in [-0.2, 0) is 0 Å². The van der Waals surface area contributed by atoms with Crippen molar-refractivity contribution in [3.05, 3.63) is 66.5 Å². The fraction of sp³-hybridized carbons (Fsp3) is 0.100. The van der Waals surface area contributed by atoms with E-state index in [1.165, 1.54) is 0 Å². The number of fused-ring (bicyclic) bond motifs is 3. The van der Waals surface area contributed by atoms with Gasteiger partial charge in [0.1, 0.15) is 5.82 Å². The lowest BCUT2D eigenvalue weighted by Gasteiger charge is -2.20. The molecule has 4 heterocycles. The van der Waals surface area contributed by atoms with Gasteiger partial charge in [-0.25, -0.2) is 4.98 Å². The van der Waals surface area contributed by atoms with E-state index in [9.17, 15) is 4.79 Å². The molecule has 3 aromatic heterocycles. The van der Waals surface area contributed by atoms with Crippen LogP contribution in [0.1, 0.15) is 16.8 Å². The molecule has 0 saturated carbocycles. The van der Waals surface area contributed by atoms with Crippen molar-refractivity contribution in [2.45, 2.75) is 6.42 Å². The molecule has 0 fully saturated rings. The lowest BCUT2D eigenvalue weighted by atomic mass is 9.99. The zero-order chi connectivity index (χ0) is 17.5. The van der Waals surface area contributed by atoms with Crippen molar-refractivity contribution in [1.29, 1.82) is 0 Å². The first-order valence-corrected chi connectivity index (χ1v) is 8.48. The average Bonchev–Trinajstić information content (AvgIpc) is 3.17. The van der Waals surface area contributed by atoms with Crippen LogP contribution in [0.25, 0.3) is 28.2 Å². The smallest absolute Gasteiger partial charge is 0.170 e. The van der Waals surface area contributed by atoms with Crippen molar-refractivity contribution >= 4 is 17.2 Å². The van der Waals surface area contributed by atoms with E-state index < -0.39 is 0 Å². The Morgan fingerprint density at radius 3 is 2.69 bits per heavy atom. The van der Waals surface area contributed by atoms with Gasteiger partial charge in [0.15, 0.2) is 11.4 Å². The molecule has 26 heavy (non-hydrogen) atoms. The van der Waals surface area contributed by atoms with Crippen molar-refractivity contribution in [2.24, 2.45) is 0 Å². The highest BCUT2D eigenvalue weighted by Gasteiger charge is 2.26. The van der Waals surface area contributed by atoms with E-state index in [1.807, 2.05) is 48.5 Å². The second-order valence-corrected chi connectivity index (χ2v) is 6.18. The first kappa shape index (κ1) is 14.8. The SMILES string of the molecule is O=C1CCNc2c1c(-c1ccc(-c3ccccc3)nc1)nc1ccnn21. The Morgan fingerprint density at radius 2 is 1.88 bits per heavy atom. The Bertz CT molecular complexity index is 1120. The summed E-state index contributed by atoms with van der Waals surface area (Å²) in [7, 11) is 0. The first-order chi connectivity index (χ1) is 12.8. The van der Waals surface area contributed by atoms with Crippen molar-refractivity contribution in [1.82, 2.24) is 19.6 Å². The molecule has 0 amide bonds. The number of Topliss-reactive ketones (excluding diaryl/α,β-unsaturated/α-hetero) is 1. The first-order valence-electron chi connectivity index (χ1n) is 8.48. The summed E-state index contributed by atoms with van der Waals surface area (Å²) in [4.78, 5) is 21.8. The van der Waals surface area contributed by atoms with Gasteiger partial charge in [0.25, 0.3) is 0 Å². The molecule has 126 valence electrons. The Balaban J connectivity index is 1.67. The highest BCUT2D eigenvalue weighted by Crippen LogP contribution is 2.32. The average molecular weight is 341 g/mol. The van der Waals surface area contributed by atoms with Crippen LogP contribution in [0.2, 0.25) is 0 Å². The minimum atomic E-state index is 0.0748. The van der Waals surface area contributed by atoms with E-state index in [0.29, 0.717) is 35.7 Å². The Labute approximate surface area is 149 Å². The topological polar surface area (TPSA) is 72.2 Å². The molecule has 0 saturated heterocycles. The van der Waals surface area contributed by atoms with Crippen LogP contribution in [0.4, 0.5) is 5.82 Å². The van der Waals surface area contributed by atoms with Crippen molar-refractivity contribution in [2.75, 3.05) is 11.9 Å². The van der Waals surface area contributed by atoms with Crippen LogP contribution in [0.5, 0.6) is 0 Å². The molecule has 6 nitrogen and oxygen atoms in total. The summed E-state index contributed by atoms with van der Waals surface area (Å²) in [5.41, 5.74) is 4.70. The molecule has 1 N–H and O–H groups in total. The monoisotopic (exact) mass is 341 g/mol. The maximum Gasteiger partial charge on any atom is 0.170 e. The number of ketones is 1. The minimum Gasteiger partial charge on any atom is -0.369 e. The van der Waals surface area contributed by atoms with Gasteiger partial charge in [-0.05, 0) is 12.1 Å². The standard InChI is InChI=1S/C20H15N5O/c26-16-8-10-21-20-18(16)19(24-17-9-11-23-25(17)20)14-6-7-15(22-12-14)13-4-2-1-3-5-13/h1-7,9,11-12,21H,8,10H2. The van der Waals surface area contributed by atoms with Crippen LogP contribution in [0.3, 0.4) is 0 Å². The number of rotatable bonds is 2. The van der Waals surface area contributed by atoms with E-state index in [1.54, 1.807) is 16.9 Å². The molecule has 0 spiro atoms. The lowest BCUT2D eigenvalue weighted by Crippen LogP contribution is -2.22. The molecule has 0 atom stereocenters. The number of nitrogens with zero attached hydrogens (tertiary/aromatic N) is 4. The van der Waals surface area contributed by atoms with Gasteiger partial charge in [-0.2, -0.15) is 9.61 Å².